The number of hydrogen-bond donors (Lipinski definition) is 0. The Labute approximate surface area is 94.4 Å². The van der Waals surface area contributed by atoms with Crippen LogP contribution in [0.15, 0.2) is 12.1 Å². The summed E-state index contributed by atoms with van der Waals surface area (Å²) in [5.74, 6) is 0. The summed E-state index contributed by atoms with van der Waals surface area (Å²) in [5.41, 5.74) is 1.56. The number of rotatable bonds is 2. The van der Waals surface area contributed by atoms with Gasteiger partial charge in [0.25, 0.3) is 5.24 Å². The number of aldehydes is 1. The number of carbonyl (C=O) groups excluding carboxylic acids is 2. The van der Waals surface area contributed by atoms with Gasteiger partial charge in [0.2, 0.25) is 0 Å². The Balaban J connectivity index is 3.41. The van der Waals surface area contributed by atoms with Gasteiger partial charge < -0.3 is 0 Å². The van der Waals surface area contributed by atoms with Crippen LogP contribution < -0.4 is 0 Å². The van der Waals surface area contributed by atoms with E-state index in [1.54, 1.807) is 12.1 Å². The average Bonchev–Trinajstić information content (AvgIpc) is 2.08. The number of aryl methyl sites for hydroxylation is 1. The van der Waals surface area contributed by atoms with Crippen molar-refractivity contribution in [2.45, 2.75) is 6.92 Å². The summed E-state index contributed by atoms with van der Waals surface area (Å²) in [6.07, 6.45) is 0.636. The predicted octanol–water partition coefficient (Wildman–Crippen LogP) is 2.79. The lowest BCUT2D eigenvalue weighted by Gasteiger charge is -2.03. The van der Waals surface area contributed by atoms with Crippen LogP contribution in [0.5, 0.6) is 0 Å². The molecular weight excluding hydrogens is 302 g/mol. The molecule has 0 radical (unpaired) electrons. The molecule has 0 spiro atoms. The quantitative estimate of drug-likeness (QED) is 0.478. The maximum Gasteiger partial charge on any atom is 0.253 e. The summed E-state index contributed by atoms with van der Waals surface area (Å²) in [6.45, 7) is 1.86. The standard InChI is InChI=1S/C9H6ClIO2/c1-5-2-7(9(10)13)6(4-12)3-8(5)11/h2-4H,1H3. The molecule has 0 saturated carbocycles. The van der Waals surface area contributed by atoms with Crippen molar-refractivity contribution in [3.63, 3.8) is 0 Å². The van der Waals surface area contributed by atoms with Crippen LogP contribution in [0.4, 0.5) is 0 Å². The smallest absolute Gasteiger partial charge is 0.253 e. The predicted molar refractivity (Wildman–Crippen MR) is 59.5 cm³/mol. The Bertz CT molecular complexity index is 374. The third-order valence-corrected chi connectivity index (χ3v) is 3.04. The van der Waals surface area contributed by atoms with E-state index < -0.39 is 5.24 Å². The molecule has 2 nitrogen and oxygen atoms in total. The zero-order chi connectivity index (χ0) is 10.0. The lowest BCUT2D eigenvalue weighted by atomic mass is 10.1. The number of carbonyl (C=O) groups is 2. The minimum atomic E-state index is -0.596. The van der Waals surface area contributed by atoms with Gasteiger partial charge in [0.15, 0.2) is 6.29 Å². The molecule has 0 fully saturated rings. The Morgan fingerprint density at radius 2 is 2.15 bits per heavy atom. The molecule has 0 saturated heterocycles. The van der Waals surface area contributed by atoms with Crippen LogP contribution in [0.3, 0.4) is 0 Å². The molecule has 0 atom stereocenters. The fraction of sp³-hybridized carbons (Fsp3) is 0.111. The second-order valence-corrected chi connectivity index (χ2v) is 4.09. The van der Waals surface area contributed by atoms with Crippen molar-refractivity contribution in [3.8, 4) is 0 Å². The van der Waals surface area contributed by atoms with Crippen LogP contribution in [-0.4, -0.2) is 11.5 Å². The first-order valence-electron chi connectivity index (χ1n) is 3.51. The SMILES string of the molecule is Cc1cc(C(=O)Cl)c(C=O)cc1I. The molecule has 0 aliphatic rings. The van der Waals surface area contributed by atoms with Crippen LogP contribution in [-0.2, 0) is 0 Å². The van der Waals surface area contributed by atoms with Crippen molar-refractivity contribution in [3.05, 3.63) is 32.4 Å². The fourth-order valence-corrected chi connectivity index (χ4v) is 1.62. The first-order chi connectivity index (χ1) is 6.06. The van der Waals surface area contributed by atoms with Gasteiger partial charge in [-0.3, -0.25) is 9.59 Å². The van der Waals surface area contributed by atoms with E-state index in [4.69, 9.17) is 11.6 Å². The van der Waals surface area contributed by atoms with E-state index in [1.807, 2.05) is 6.92 Å². The Morgan fingerprint density at radius 1 is 1.54 bits per heavy atom. The number of hydrogen-bond acceptors (Lipinski definition) is 2. The minimum absolute atomic E-state index is 0.273. The lowest BCUT2D eigenvalue weighted by molar-refractivity contribution is 0.106. The second-order valence-electron chi connectivity index (χ2n) is 2.58. The molecule has 13 heavy (non-hydrogen) atoms. The Kier molecular flexibility index (Phi) is 3.44. The summed E-state index contributed by atoms with van der Waals surface area (Å²) in [6, 6.07) is 3.28. The van der Waals surface area contributed by atoms with Gasteiger partial charge in [-0.15, -0.1) is 0 Å². The molecule has 0 aliphatic heterocycles. The zero-order valence-electron chi connectivity index (χ0n) is 6.80. The minimum Gasteiger partial charge on any atom is -0.298 e. The van der Waals surface area contributed by atoms with E-state index in [2.05, 4.69) is 22.6 Å². The van der Waals surface area contributed by atoms with Crippen LogP contribution in [0, 0.1) is 10.5 Å². The van der Waals surface area contributed by atoms with Gasteiger partial charge in [0, 0.05) is 14.7 Å². The van der Waals surface area contributed by atoms with Crippen molar-refractivity contribution < 1.29 is 9.59 Å². The Morgan fingerprint density at radius 3 is 2.62 bits per heavy atom. The molecule has 0 heterocycles. The zero-order valence-corrected chi connectivity index (χ0v) is 9.72. The normalized spacial score (nSPS) is 9.77. The average molecular weight is 309 g/mol. The van der Waals surface area contributed by atoms with Gasteiger partial charge in [0.1, 0.15) is 0 Å². The molecule has 0 bridgehead atoms. The van der Waals surface area contributed by atoms with Gasteiger partial charge in [0.05, 0.1) is 0 Å². The Hall–Kier alpha value is -0.420. The molecule has 0 N–H and O–H groups in total. The fourth-order valence-electron chi connectivity index (χ4n) is 0.965. The number of benzene rings is 1. The van der Waals surface area contributed by atoms with E-state index in [0.29, 0.717) is 11.8 Å². The summed E-state index contributed by atoms with van der Waals surface area (Å²) >= 11 is 7.41. The molecule has 68 valence electrons. The molecule has 0 amide bonds. The summed E-state index contributed by atoms with van der Waals surface area (Å²) in [7, 11) is 0. The maximum absolute atomic E-state index is 10.9. The van der Waals surface area contributed by atoms with Gasteiger partial charge >= 0.3 is 0 Å². The maximum atomic E-state index is 10.9. The molecule has 1 aromatic carbocycles. The second kappa shape index (κ2) is 4.19. The summed E-state index contributed by atoms with van der Waals surface area (Å²) < 4.78 is 0.946. The molecule has 0 aliphatic carbocycles. The molecule has 1 rings (SSSR count). The van der Waals surface area contributed by atoms with Gasteiger partial charge in [-0.25, -0.2) is 0 Å². The van der Waals surface area contributed by atoms with Crippen LogP contribution >= 0.6 is 34.2 Å². The van der Waals surface area contributed by atoms with E-state index in [-0.39, 0.29) is 5.56 Å². The molecule has 0 unspecified atom stereocenters. The monoisotopic (exact) mass is 308 g/mol. The van der Waals surface area contributed by atoms with Crippen molar-refractivity contribution in [1.82, 2.24) is 0 Å². The highest BCUT2D eigenvalue weighted by molar-refractivity contribution is 14.1. The largest absolute Gasteiger partial charge is 0.298 e. The van der Waals surface area contributed by atoms with Crippen LogP contribution in [0.1, 0.15) is 26.3 Å². The lowest BCUT2D eigenvalue weighted by Crippen LogP contribution is -1.98. The van der Waals surface area contributed by atoms with Crippen LogP contribution in [0.25, 0.3) is 0 Å². The topological polar surface area (TPSA) is 34.1 Å². The highest BCUT2D eigenvalue weighted by atomic mass is 127. The van der Waals surface area contributed by atoms with Crippen molar-refractivity contribution in [2.24, 2.45) is 0 Å². The third kappa shape index (κ3) is 2.28. The number of halogens is 2. The van der Waals surface area contributed by atoms with Crippen molar-refractivity contribution in [2.75, 3.05) is 0 Å². The van der Waals surface area contributed by atoms with Gasteiger partial charge in [-0.1, -0.05) is 0 Å². The molecular formula is C9H6ClIO2. The highest BCUT2D eigenvalue weighted by Crippen LogP contribution is 2.18. The van der Waals surface area contributed by atoms with Gasteiger partial charge in [-0.05, 0) is 58.8 Å². The van der Waals surface area contributed by atoms with Crippen molar-refractivity contribution >= 4 is 45.7 Å². The highest BCUT2D eigenvalue weighted by Gasteiger charge is 2.10. The first kappa shape index (κ1) is 10.7. The molecule has 0 aromatic heterocycles. The molecule has 1 aromatic rings. The third-order valence-electron chi connectivity index (χ3n) is 1.67. The van der Waals surface area contributed by atoms with E-state index >= 15 is 0 Å². The summed E-state index contributed by atoms with van der Waals surface area (Å²) in [4.78, 5) is 21.5. The first-order valence-corrected chi connectivity index (χ1v) is 4.97. The van der Waals surface area contributed by atoms with E-state index in [1.165, 1.54) is 0 Å². The van der Waals surface area contributed by atoms with Gasteiger partial charge in [-0.2, -0.15) is 0 Å². The summed E-state index contributed by atoms with van der Waals surface area (Å²) in [5, 5.41) is -0.596. The van der Waals surface area contributed by atoms with E-state index in [9.17, 15) is 9.59 Å². The van der Waals surface area contributed by atoms with Crippen LogP contribution in [0.2, 0.25) is 0 Å². The molecule has 4 heteroatoms. The van der Waals surface area contributed by atoms with E-state index in [0.717, 1.165) is 9.13 Å². The van der Waals surface area contributed by atoms with Crippen molar-refractivity contribution in [1.29, 1.82) is 0 Å².